The molecule has 3 rings (SSSR count). The molecule has 0 unspecified atom stereocenters. The van der Waals surface area contributed by atoms with Crippen LogP contribution in [0.15, 0.2) is 30.3 Å². The molecule has 0 spiro atoms. The Bertz CT molecular complexity index is 787. The summed E-state index contributed by atoms with van der Waals surface area (Å²) >= 11 is 0. The Morgan fingerprint density at radius 2 is 1.78 bits per heavy atom. The van der Waals surface area contributed by atoms with Crippen LogP contribution < -0.4 is 5.32 Å². The number of nitrogens with one attached hydrogen (secondary N) is 1. The van der Waals surface area contributed by atoms with E-state index in [4.69, 9.17) is 0 Å². The lowest BCUT2D eigenvalue weighted by Gasteiger charge is -2.48. The number of amides is 1. The van der Waals surface area contributed by atoms with Gasteiger partial charge in [-0.1, -0.05) is 37.3 Å². The van der Waals surface area contributed by atoms with E-state index in [0.717, 1.165) is 0 Å². The molecule has 2 aliphatic rings. The van der Waals surface area contributed by atoms with E-state index >= 15 is 0 Å². The molecule has 1 aromatic carbocycles. The first-order valence-electron chi connectivity index (χ1n) is 7.24. The van der Waals surface area contributed by atoms with Gasteiger partial charge >= 0.3 is 0 Å². The van der Waals surface area contributed by atoms with Gasteiger partial charge in [0.15, 0.2) is 10.8 Å². The maximum atomic E-state index is 12.5. The van der Waals surface area contributed by atoms with Crippen molar-refractivity contribution in [3.8, 4) is 18.2 Å². The van der Waals surface area contributed by atoms with Crippen molar-refractivity contribution in [1.82, 2.24) is 5.32 Å². The highest BCUT2D eigenvalue weighted by molar-refractivity contribution is 5.92. The highest BCUT2D eigenvalue weighted by Gasteiger charge is 2.76. The Labute approximate surface area is 133 Å². The Balaban J connectivity index is 2.35. The fourth-order valence-corrected chi connectivity index (χ4v) is 4.07. The summed E-state index contributed by atoms with van der Waals surface area (Å²) < 4.78 is 0. The van der Waals surface area contributed by atoms with Crippen LogP contribution in [-0.4, -0.2) is 16.7 Å². The molecule has 1 aliphatic carbocycles. The molecule has 4 atom stereocenters. The number of fused-ring (bicyclic) bond motifs is 2. The molecular weight excluding hydrogens is 292 g/mol. The monoisotopic (exact) mass is 306 g/mol. The number of benzene rings is 1. The Morgan fingerprint density at radius 3 is 2.30 bits per heavy atom. The second-order valence-corrected chi connectivity index (χ2v) is 6.28. The van der Waals surface area contributed by atoms with Crippen LogP contribution in [0.3, 0.4) is 0 Å². The number of nitrogens with zero attached hydrogens (tertiary/aromatic N) is 3. The highest BCUT2D eigenvalue weighted by Crippen LogP contribution is 2.64. The molecule has 2 N–H and O–H groups in total. The number of carbonyl (C=O) groups excluding carboxylic acids is 1. The van der Waals surface area contributed by atoms with Crippen molar-refractivity contribution in [2.24, 2.45) is 16.7 Å². The lowest BCUT2D eigenvalue weighted by Crippen LogP contribution is -2.56. The van der Waals surface area contributed by atoms with E-state index in [1.165, 1.54) is 0 Å². The van der Waals surface area contributed by atoms with Crippen molar-refractivity contribution in [2.75, 3.05) is 0 Å². The SMILES string of the molecule is C[C@@H]1[C@@H](c2ccccc2)C(C#N)(C#N)[C@@]2(C#N)C[C@]1(O)NC2=O. The summed E-state index contributed by atoms with van der Waals surface area (Å²) in [6.07, 6.45) is -0.263. The second-order valence-electron chi connectivity index (χ2n) is 6.28. The molecule has 114 valence electrons. The summed E-state index contributed by atoms with van der Waals surface area (Å²) in [6, 6.07) is 14.6. The normalized spacial score (nSPS) is 37.1. The van der Waals surface area contributed by atoms with Crippen LogP contribution in [0.2, 0.25) is 0 Å². The van der Waals surface area contributed by atoms with Gasteiger partial charge in [0.05, 0.1) is 18.2 Å². The quantitative estimate of drug-likeness (QED) is 0.806. The number of nitriles is 3. The van der Waals surface area contributed by atoms with Crippen LogP contribution >= 0.6 is 0 Å². The number of aliphatic hydroxyl groups is 1. The molecule has 1 heterocycles. The van der Waals surface area contributed by atoms with Gasteiger partial charge in [-0.25, -0.2) is 0 Å². The third-order valence-electron chi connectivity index (χ3n) is 5.35. The van der Waals surface area contributed by atoms with Gasteiger partial charge in [-0.2, -0.15) is 15.8 Å². The molecular formula is C17H14N4O2. The zero-order chi connectivity index (χ0) is 16.9. The first kappa shape index (κ1) is 15.0. The lowest BCUT2D eigenvalue weighted by molar-refractivity contribution is -0.128. The van der Waals surface area contributed by atoms with E-state index in [-0.39, 0.29) is 6.42 Å². The third kappa shape index (κ3) is 1.55. The number of hydrogen-bond donors (Lipinski definition) is 2. The molecule has 1 aliphatic heterocycles. The van der Waals surface area contributed by atoms with E-state index in [0.29, 0.717) is 5.56 Å². The van der Waals surface area contributed by atoms with E-state index in [9.17, 15) is 25.7 Å². The van der Waals surface area contributed by atoms with E-state index in [2.05, 4.69) is 5.32 Å². The molecule has 6 nitrogen and oxygen atoms in total. The number of carbonyl (C=O) groups is 1. The van der Waals surface area contributed by atoms with Crippen LogP contribution in [0.1, 0.15) is 24.8 Å². The molecule has 2 bridgehead atoms. The van der Waals surface area contributed by atoms with Gasteiger partial charge in [0, 0.05) is 18.3 Å². The van der Waals surface area contributed by atoms with Crippen LogP contribution in [0.4, 0.5) is 0 Å². The van der Waals surface area contributed by atoms with E-state index < -0.39 is 34.3 Å². The lowest BCUT2D eigenvalue weighted by atomic mass is 9.49. The van der Waals surface area contributed by atoms with Gasteiger partial charge in [-0.05, 0) is 5.56 Å². The second kappa shape index (κ2) is 4.56. The minimum Gasteiger partial charge on any atom is -0.371 e. The maximum absolute atomic E-state index is 12.5. The van der Waals surface area contributed by atoms with Crippen molar-refractivity contribution in [3.63, 3.8) is 0 Å². The summed E-state index contributed by atoms with van der Waals surface area (Å²) in [7, 11) is 0. The van der Waals surface area contributed by atoms with Gasteiger partial charge in [-0.15, -0.1) is 0 Å². The first-order valence-corrected chi connectivity index (χ1v) is 7.24. The van der Waals surface area contributed by atoms with E-state index in [1.807, 2.05) is 18.2 Å². The van der Waals surface area contributed by atoms with Crippen LogP contribution in [0.5, 0.6) is 0 Å². The van der Waals surface area contributed by atoms with Crippen molar-refractivity contribution in [3.05, 3.63) is 35.9 Å². The standard InChI is InChI=1S/C17H14N4O2/c1-11-13(12-5-3-2-4-6-12)16(9-19,10-20)15(8-18)7-17(11,23)21-14(15)22/h2-6,11,13,23H,7H2,1H3,(H,21,22)/t11-,13+,15-,17-/m1/s1. The minimum absolute atomic E-state index is 0.263. The smallest absolute Gasteiger partial charge is 0.245 e. The Hall–Kier alpha value is -2.88. The van der Waals surface area contributed by atoms with Gasteiger partial charge in [0.2, 0.25) is 5.91 Å². The van der Waals surface area contributed by atoms with Crippen LogP contribution in [-0.2, 0) is 4.79 Å². The van der Waals surface area contributed by atoms with Crippen molar-refractivity contribution in [2.45, 2.75) is 25.0 Å². The molecule has 0 radical (unpaired) electrons. The fraction of sp³-hybridized carbons (Fsp3) is 0.412. The van der Waals surface area contributed by atoms with Gasteiger partial charge in [0.25, 0.3) is 0 Å². The van der Waals surface area contributed by atoms with E-state index in [1.54, 1.807) is 37.3 Å². The summed E-state index contributed by atoms with van der Waals surface area (Å²) in [5.74, 6) is -2.12. The summed E-state index contributed by atoms with van der Waals surface area (Å²) in [6.45, 7) is 1.69. The first-order chi connectivity index (χ1) is 10.9. The average molecular weight is 306 g/mol. The van der Waals surface area contributed by atoms with Crippen molar-refractivity contribution >= 4 is 5.91 Å². The molecule has 0 aromatic heterocycles. The highest BCUT2D eigenvalue weighted by atomic mass is 16.3. The zero-order valence-corrected chi connectivity index (χ0v) is 12.4. The molecule has 2 fully saturated rings. The van der Waals surface area contributed by atoms with Crippen LogP contribution in [0, 0.1) is 50.7 Å². The molecule has 23 heavy (non-hydrogen) atoms. The predicted molar refractivity (Wildman–Crippen MR) is 77.8 cm³/mol. The predicted octanol–water partition coefficient (Wildman–Crippen LogP) is 1.17. The topological polar surface area (TPSA) is 121 Å². The fourth-order valence-electron chi connectivity index (χ4n) is 4.07. The molecule has 6 heteroatoms. The largest absolute Gasteiger partial charge is 0.371 e. The van der Waals surface area contributed by atoms with Crippen molar-refractivity contribution < 1.29 is 9.90 Å². The summed E-state index contributed by atoms with van der Waals surface area (Å²) in [5.41, 5.74) is -4.71. The number of rotatable bonds is 1. The minimum atomic E-state index is -1.89. The van der Waals surface area contributed by atoms with Gasteiger partial charge < -0.3 is 10.4 Å². The Morgan fingerprint density at radius 1 is 1.17 bits per heavy atom. The average Bonchev–Trinajstić information content (AvgIpc) is 2.82. The molecule has 1 amide bonds. The van der Waals surface area contributed by atoms with Gasteiger partial charge in [-0.3, -0.25) is 4.79 Å². The zero-order valence-electron chi connectivity index (χ0n) is 12.4. The van der Waals surface area contributed by atoms with Crippen molar-refractivity contribution in [1.29, 1.82) is 15.8 Å². The third-order valence-corrected chi connectivity index (χ3v) is 5.35. The van der Waals surface area contributed by atoms with Gasteiger partial charge in [0.1, 0.15) is 5.72 Å². The summed E-state index contributed by atoms with van der Waals surface area (Å²) in [5, 5.41) is 42.6. The molecule has 1 aromatic rings. The molecule has 1 saturated heterocycles. The summed E-state index contributed by atoms with van der Waals surface area (Å²) in [4.78, 5) is 12.5. The number of hydrogen-bond acceptors (Lipinski definition) is 5. The van der Waals surface area contributed by atoms with Crippen LogP contribution in [0.25, 0.3) is 0 Å². The maximum Gasteiger partial charge on any atom is 0.245 e. The molecule has 1 saturated carbocycles. The Kier molecular flexibility index (Phi) is 2.98.